The molecule has 2 N–H and O–H groups in total. The average Bonchev–Trinajstić information content (AvgIpc) is 2.79. The molecule has 1 aromatic carbocycles. The number of nitrogens with zero attached hydrogens (tertiary/aromatic N) is 3. The van der Waals surface area contributed by atoms with E-state index in [9.17, 15) is 0 Å². The zero-order valence-electron chi connectivity index (χ0n) is 19.6. The fourth-order valence-corrected chi connectivity index (χ4v) is 4.27. The molecule has 2 heterocycles. The topological polar surface area (TPSA) is 61.4 Å². The van der Waals surface area contributed by atoms with Gasteiger partial charge in [-0.15, -0.1) is 0 Å². The van der Waals surface area contributed by atoms with Gasteiger partial charge < -0.3 is 20.1 Å². The highest BCUT2D eigenvalue weighted by Gasteiger charge is 2.24. The molecule has 7 nitrogen and oxygen atoms in total. The molecule has 1 atom stereocenters. The number of nitrogens with one attached hydrogen (secondary N) is 2. The number of morpholine rings is 2. The molecule has 2 aliphatic rings. The first-order valence-corrected chi connectivity index (χ1v) is 11.9. The monoisotopic (exact) mass is 431 g/mol. The first-order chi connectivity index (χ1) is 15.2. The molecule has 0 spiro atoms. The van der Waals surface area contributed by atoms with Crippen molar-refractivity contribution in [1.29, 1.82) is 0 Å². The van der Waals surface area contributed by atoms with Crippen LogP contribution in [0.1, 0.15) is 31.9 Å². The summed E-state index contributed by atoms with van der Waals surface area (Å²) in [6, 6.07) is 9.14. The van der Waals surface area contributed by atoms with Crippen molar-refractivity contribution >= 4 is 5.96 Å². The largest absolute Gasteiger partial charge is 0.379 e. The number of hydrogen-bond donors (Lipinski definition) is 2. The first kappa shape index (κ1) is 24.0. The van der Waals surface area contributed by atoms with Crippen molar-refractivity contribution in [3.63, 3.8) is 0 Å². The van der Waals surface area contributed by atoms with Crippen molar-refractivity contribution in [3.8, 4) is 0 Å². The lowest BCUT2D eigenvalue weighted by molar-refractivity contribution is 0.00752. The molecule has 0 bridgehead atoms. The maximum absolute atomic E-state index is 5.54. The van der Waals surface area contributed by atoms with Gasteiger partial charge in [0.2, 0.25) is 0 Å². The lowest BCUT2D eigenvalue weighted by Crippen LogP contribution is -2.52. The minimum Gasteiger partial charge on any atom is -0.379 e. The summed E-state index contributed by atoms with van der Waals surface area (Å²) in [7, 11) is 0. The standard InChI is InChI=1S/C24H41N5O2/c1-4-25-24(27-18-23(20(2)3)29-11-15-31-16-12-29)26-17-21-7-5-6-8-22(21)19-28-9-13-30-14-10-28/h5-8,20,23H,4,9-19H2,1-3H3,(H2,25,26,27). The molecule has 0 aliphatic carbocycles. The van der Waals surface area contributed by atoms with Crippen LogP contribution in [0.15, 0.2) is 29.3 Å². The van der Waals surface area contributed by atoms with E-state index in [4.69, 9.17) is 14.5 Å². The van der Waals surface area contributed by atoms with Crippen LogP contribution in [-0.4, -0.2) is 87.5 Å². The summed E-state index contributed by atoms with van der Waals surface area (Å²) in [5, 5.41) is 7.02. The third-order valence-corrected chi connectivity index (χ3v) is 6.13. The maximum Gasteiger partial charge on any atom is 0.191 e. The highest BCUT2D eigenvalue weighted by Crippen LogP contribution is 2.15. The van der Waals surface area contributed by atoms with Crippen molar-refractivity contribution in [2.24, 2.45) is 10.9 Å². The molecule has 2 aliphatic heterocycles. The number of guanidine groups is 1. The molecular formula is C24H41N5O2. The van der Waals surface area contributed by atoms with E-state index in [1.165, 1.54) is 11.1 Å². The number of benzene rings is 1. The van der Waals surface area contributed by atoms with Crippen molar-refractivity contribution in [1.82, 2.24) is 20.4 Å². The van der Waals surface area contributed by atoms with Crippen molar-refractivity contribution in [2.45, 2.75) is 39.9 Å². The Morgan fingerprint density at radius 2 is 1.61 bits per heavy atom. The Labute approximate surface area is 188 Å². The van der Waals surface area contributed by atoms with Gasteiger partial charge in [0.1, 0.15) is 0 Å². The number of rotatable bonds is 9. The fourth-order valence-electron chi connectivity index (χ4n) is 4.27. The van der Waals surface area contributed by atoms with Crippen LogP contribution in [0.3, 0.4) is 0 Å². The van der Waals surface area contributed by atoms with E-state index in [1.54, 1.807) is 0 Å². The van der Waals surface area contributed by atoms with Gasteiger partial charge in [-0.2, -0.15) is 0 Å². The summed E-state index contributed by atoms with van der Waals surface area (Å²) in [5.41, 5.74) is 2.65. The Balaban J connectivity index is 1.61. The lowest BCUT2D eigenvalue weighted by atomic mass is 10.0. The highest BCUT2D eigenvalue weighted by molar-refractivity contribution is 5.79. The predicted octanol–water partition coefficient (Wildman–Crippen LogP) is 1.93. The molecule has 1 aromatic rings. The Kier molecular flexibility index (Phi) is 10.1. The van der Waals surface area contributed by atoms with Crippen LogP contribution in [-0.2, 0) is 22.6 Å². The number of ether oxygens (including phenoxy) is 2. The molecule has 0 aromatic heterocycles. The Bertz CT molecular complexity index is 670. The zero-order chi connectivity index (χ0) is 21.9. The molecule has 0 radical (unpaired) electrons. The van der Waals surface area contributed by atoms with E-state index < -0.39 is 0 Å². The second kappa shape index (κ2) is 13.0. The minimum atomic E-state index is 0.473. The summed E-state index contributed by atoms with van der Waals surface area (Å²) < 4.78 is 11.0. The average molecular weight is 432 g/mol. The smallest absolute Gasteiger partial charge is 0.191 e. The predicted molar refractivity (Wildman–Crippen MR) is 126 cm³/mol. The Hall–Kier alpha value is -1.67. The summed E-state index contributed by atoms with van der Waals surface area (Å²) in [4.78, 5) is 9.93. The third-order valence-electron chi connectivity index (χ3n) is 6.13. The first-order valence-electron chi connectivity index (χ1n) is 11.9. The second-order valence-corrected chi connectivity index (χ2v) is 8.69. The number of aliphatic imine (C=N–C) groups is 1. The molecule has 0 amide bonds. The summed E-state index contributed by atoms with van der Waals surface area (Å²) in [5.74, 6) is 1.46. The summed E-state index contributed by atoms with van der Waals surface area (Å²) in [6.45, 7) is 17.4. The fraction of sp³-hybridized carbons (Fsp3) is 0.708. The van der Waals surface area contributed by atoms with Crippen LogP contribution in [0.25, 0.3) is 0 Å². The van der Waals surface area contributed by atoms with Crippen molar-refractivity contribution < 1.29 is 9.47 Å². The quantitative estimate of drug-likeness (QED) is 0.460. The van der Waals surface area contributed by atoms with E-state index in [1.807, 2.05) is 0 Å². The zero-order valence-corrected chi connectivity index (χ0v) is 19.6. The van der Waals surface area contributed by atoms with E-state index >= 15 is 0 Å². The second-order valence-electron chi connectivity index (χ2n) is 8.69. The minimum absolute atomic E-state index is 0.473. The molecular weight excluding hydrogens is 390 g/mol. The van der Waals surface area contributed by atoms with Crippen molar-refractivity contribution in [3.05, 3.63) is 35.4 Å². The van der Waals surface area contributed by atoms with Gasteiger partial charge in [0.15, 0.2) is 5.96 Å². The summed E-state index contributed by atoms with van der Waals surface area (Å²) in [6.07, 6.45) is 0. The molecule has 7 heteroatoms. The van der Waals surface area contributed by atoms with E-state index in [-0.39, 0.29) is 0 Å². The van der Waals surface area contributed by atoms with Crippen LogP contribution < -0.4 is 10.6 Å². The van der Waals surface area contributed by atoms with Gasteiger partial charge in [0.05, 0.1) is 33.0 Å². The van der Waals surface area contributed by atoms with E-state index in [0.717, 1.165) is 78.2 Å². The third kappa shape index (κ3) is 7.75. The molecule has 31 heavy (non-hydrogen) atoms. The molecule has 3 rings (SSSR count). The molecule has 2 fully saturated rings. The molecule has 174 valence electrons. The van der Waals surface area contributed by atoms with Gasteiger partial charge in [-0.3, -0.25) is 9.80 Å². The maximum atomic E-state index is 5.54. The molecule has 2 saturated heterocycles. The van der Waals surface area contributed by atoms with E-state index in [2.05, 4.69) is 65.5 Å². The lowest BCUT2D eigenvalue weighted by Gasteiger charge is -2.37. The van der Waals surface area contributed by atoms with Crippen LogP contribution >= 0.6 is 0 Å². The van der Waals surface area contributed by atoms with E-state index in [0.29, 0.717) is 18.5 Å². The van der Waals surface area contributed by atoms with Gasteiger partial charge in [0.25, 0.3) is 0 Å². The van der Waals surface area contributed by atoms with Gasteiger partial charge in [-0.25, -0.2) is 4.99 Å². The SMILES string of the molecule is CCNC(=NCc1ccccc1CN1CCOCC1)NCC(C(C)C)N1CCOCC1. The highest BCUT2D eigenvalue weighted by atomic mass is 16.5. The van der Waals surface area contributed by atoms with Crippen LogP contribution in [0.5, 0.6) is 0 Å². The Morgan fingerprint density at radius 1 is 0.968 bits per heavy atom. The van der Waals surface area contributed by atoms with Gasteiger partial charge in [-0.05, 0) is 24.0 Å². The normalized spacial score (nSPS) is 20.1. The van der Waals surface area contributed by atoms with Gasteiger partial charge >= 0.3 is 0 Å². The van der Waals surface area contributed by atoms with Crippen molar-refractivity contribution in [2.75, 3.05) is 65.7 Å². The van der Waals surface area contributed by atoms with Gasteiger partial charge in [0, 0.05) is 51.9 Å². The molecule has 1 unspecified atom stereocenters. The van der Waals surface area contributed by atoms with Crippen LogP contribution in [0, 0.1) is 5.92 Å². The molecule has 0 saturated carbocycles. The summed E-state index contributed by atoms with van der Waals surface area (Å²) >= 11 is 0. The Morgan fingerprint density at radius 3 is 2.26 bits per heavy atom. The number of hydrogen-bond acceptors (Lipinski definition) is 5. The van der Waals surface area contributed by atoms with Crippen LogP contribution in [0.2, 0.25) is 0 Å². The van der Waals surface area contributed by atoms with Crippen LogP contribution in [0.4, 0.5) is 0 Å². The van der Waals surface area contributed by atoms with Gasteiger partial charge in [-0.1, -0.05) is 38.1 Å².